The number of nitrogens with one attached hydrogen (secondary N) is 2. The second-order valence-corrected chi connectivity index (χ2v) is 14.5. The first-order valence-electron chi connectivity index (χ1n) is 19.1. The molecule has 1 aromatic heterocycles. The monoisotopic (exact) mass is 876 g/mol. The van der Waals surface area contributed by atoms with Gasteiger partial charge in [0.1, 0.15) is 11.4 Å². The highest BCUT2D eigenvalue weighted by atomic mass is 32.2. The molecule has 0 spiro atoms. The molecule has 22 heteroatoms. The summed E-state index contributed by atoms with van der Waals surface area (Å²) in [6.07, 6.45) is 0. The van der Waals surface area contributed by atoms with Gasteiger partial charge >= 0.3 is 10.6 Å². The fraction of sp³-hybridized carbons (Fsp3) is 0.308. The van der Waals surface area contributed by atoms with E-state index < -0.39 is 20.7 Å². The highest BCUT2D eigenvalue weighted by Crippen LogP contribution is 2.36. The number of hydrogen-bond donors (Lipinski definition) is 5. The third kappa shape index (κ3) is 14.4. The van der Waals surface area contributed by atoms with Crippen molar-refractivity contribution in [1.82, 2.24) is 15.0 Å². The van der Waals surface area contributed by atoms with Crippen molar-refractivity contribution in [2.45, 2.75) is 32.6 Å². The second-order valence-electron chi connectivity index (χ2n) is 12.6. The van der Waals surface area contributed by atoms with Crippen LogP contribution in [0.1, 0.15) is 27.7 Å². The normalized spacial score (nSPS) is 11.3. The molecule has 0 aliphatic rings. The van der Waals surface area contributed by atoms with Crippen LogP contribution in [0.5, 0.6) is 0 Å². The molecule has 1 heterocycles. The largest absolute Gasteiger partial charge is 0.425 e. The Morgan fingerprint density at radius 3 is 1.49 bits per heavy atom. The van der Waals surface area contributed by atoms with Gasteiger partial charge < -0.3 is 35.5 Å². The van der Waals surface area contributed by atoms with Crippen LogP contribution in [0.4, 0.5) is 63.3 Å². The molecular weight excluding hydrogens is 829 g/mol. The Morgan fingerprint density at radius 2 is 1.05 bits per heavy atom. The Labute approximate surface area is 355 Å². The van der Waals surface area contributed by atoms with Gasteiger partial charge in [-0.05, 0) is 94.4 Å². The van der Waals surface area contributed by atoms with E-state index in [0.29, 0.717) is 28.4 Å². The molecule has 4 aromatic carbocycles. The van der Waals surface area contributed by atoms with Crippen LogP contribution in [0, 0.1) is 0 Å². The minimum atomic E-state index is -4.45. The molecular formula is C39H48N12O8S2. The zero-order valence-corrected chi connectivity index (χ0v) is 35.6. The van der Waals surface area contributed by atoms with Gasteiger partial charge in [0.15, 0.2) is 0 Å². The number of aliphatic hydroxyl groups is 2. The van der Waals surface area contributed by atoms with Gasteiger partial charge in [0.2, 0.25) is 17.8 Å². The lowest BCUT2D eigenvalue weighted by atomic mass is 10.2. The van der Waals surface area contributed by atoms with E-state index in [2.05, 4.69) is 54.7 Å². The summed E-state index contributed by atoms with van der Waals surface area (Å²) in [5.74, 6) is 0.425. The number of anilines is 7. The third-order valence-corrected chi connectivity index (χ3v) is 9.62. The van der Waals surface area contributed by atoms with Crippen molar-refractivity contribution in [3.63, 3.8) is 0 Å². The van der Waals surface area contributed by atoms with Crippen molar-refractivity contribution < 1.29 is 35.8 Å². The topological polar surface area (TPSA) is 268 Å². The molecule has 0 saturated carbocycles. The molecule has 0 aliphatic carbocycles. The summed E-state index contributed by atoms with van der Waals surface area (Å²) in [5, 5.41) is 44.1. The first-order valence-corrected chi connectivity index (χ1v) is 21.5. The van der Waals surface area contributed by atoms with Crippen LogP contribution in [-0.4, -0.2) is 103 Å². The molecule has 0 fully saturated rings. The first-order chi connectivity index (χ1) is 29.3. The Hall–Kier alpha value is -6.46. The van der Waals surface area contributed by atoms with Gasteiger partial charge in [-0.15, -0.1) is 22.9 Å². The van der Waals surface area contributed by atoms with Crippen molar-refractivity contribution in [3.05, 3.63) is 91.0 Å². The average Bonchev–Trinajstić information content (AvgIpc) is 3.24. The number of benzene rings is 4. The minimum Gasteiger partial charge on any atom is -0.395 e. The fourth-order valence-electron chi connectivity index (χ4n) is 5.83. The number of nitrogens with zero attached hydrogens (tertiary/aromatic N) is 10. The number of hydrogen-bond acceptors (Lipinski definition) is 19. The summed E-state index contributed by atoms with van der Waals surface area (Å²) >= 11 is 0. The van der Waals surface area contributed by atoms with Gasteiger partial charge in [0.05, 0.1) is 40.9 Å². The van der Waals surface area contributed by atoms with Gasteiger partial charge in [-0.1, -0.05) is 24.3 Å². The average molecular weight is 877 g/mol. The molecule has 324 valence electrons. The van der Waals surface area contributed by atoms with Gasteiger partial charge in [-0.25, -0.2) is 0 Å². The van der Waals surface area contributed by atoms with Crippen LogP contribution in [0.3, 0.4) is 0 Å². The van der Waals surface area contributed by atoms with Crippen molar-refractivity contribution in [2.75, 3.05) is 77.8 Å². The van der Waals surface area contributed by atoms with Crippen molar-refractivity contribution in [1.29, 1.82) is 0 Å². The second kappa shape index (κ2) is 23.4. The molecule has 0 atom stereocenters. The lowest BCUT2D eigenvalue weighted by Crippen LogP contribution is -2.31. The molecule has 0 radical (unpaired) electrons. The number of azo groups is 2. The zero-order valence-electron chi connectivity index (χ0n) is 34.0. The molecule has 20 nitrogen and oxygen atoms in total. The number of aliphatic hydroxyl groups excluding tert-OH is 2. The molecule has 5 rings (SSSR count). The maximum atomic E-state index is 11.8. The molecule has 0 bridgehead atoms. The fourth-order valence-corrected chi connectivity index (χ4v) is 6.35. The van der Waals surface area contributed by atoms with Crippen molar-refractivity contribution >= 4 is 84.1 Å². The van der Waals surface area contributed by atoms with Crippen LogP contribution >= 0.6 is 0 Å². The van der Waals surface area contributed by atoms with Crippen LogP contribution in [0.25, 0.3) is 0 Å². The van der Waals surface area contributed by atoms with E-state index in [-0.39, 0.29) is 54.7 Å². The predicted molar refractivity (Wildman–Crippen MR) is 234 cm³/mol. The van der Waals surface area contributed by atoms with Crippen molar-refractivity contribution in [2.24, 2.45) is 20.5 Å². The van der Waals surface area contributed by atoms with Crippen LogP contribution < -0.4 is 25.3 Å². The molecule has 0 amide bonds. The summed E-state index contributed by atoms with van der Waals surface area (Å²) in [6, 6.07) is 26.2. The lowest BCUT2D eigenvalue weighted by Gasteiger charge is -2.24. The molecule has 0 saturated heterocycles. The van der Waals surface area contributed by atoms with Gasteiger partial charge in [0.25, 0.3) is 10.1 Å². The summed E-state index contributed by atoms with van der Waals surface area (Å²) < 4.78 is 58.4. The Balaban J connectivity index is 0.00000196. The minimum absolute atomic E-state index is 0.109. The van der Waals surface area contributed by atoms with Gasteiger partial charge in [0, 0.05) is 50.6 Å². The first kappa shape index (κ1) is 47.2. The Bertz CT molecular complexity index is 2480. The SMILES string of the molecule is CCN(CC)c1ccc(N=Nc2ccccc2)c(Nc2nc(Nc3cc(N(CC)CC)ccc3N=Nc3cccc(S(=O)(=O)O)c3)nc(N(CCO)CCO)n2)c1.O=S(=O)=O. The maximum absolute atomic E-state index is 11.8. The van der Waals surface area contributed by atoms with E-state index in [0.717, 1.165) is 37.6 Å². The maximum Gasteiger partial charge on any atom is 0.425 e. The Morgan fingerprint density at radius 1 is 0.590 bits per heavy atom. The molecule has 0 unspecified atom stereocenters. The van der Waals surface area contributed by atoms with Crippen LogP contribution in [0.15, 0.2) is 116 Å². The number of aromatic nitrogens is 3. The lowest BCUT2D eigenvalue weighted by molar-refractivity contribution is 0.280. The van der Waals surface area contributed by atoms with Crippen LogP contribution in [0.2, 0.25) is 0 Å². The van der Waals surface area contributed by atoms with Gasteiger partial charge in [-0.3, -0.25) is 4.55 Å². The van der Waals surface area contributed by atoms with Crippen molar-refractivity contribution in [3.8, 4) is 0 Å². The van der Waals surface area contributed by atoms with Crippen LogP contribution in [-0.2, 0) is 20.7 Å². The highest BCUT2D eigenvalue weighted by molar-refractivity contribution is 7.85. The predicted octanol–water partition coefficient (Wildman–Crippen LogP) is 6.92. The summed E-state index contributed by atoms with van der Waals surface area (Å²) in [4.78, 5) is 19.8. The van der Waals surface area contributed by atoms with Gasteiger partial charge in [-0.2, -0.15) is 33.6 Å². The molecule has 5 aromatic rings. The highest BCUT2D eigenvalue weighted by Gasteiger charge is 2.18. The van der Waals surface area contributed by atoms with E-state index in [1.807, 2.05) is 74.5 Å². The summed E-state index contributed by atoms with van der Waals surface area (Å²) in [7, 11) is -7.56. The third-order valence-electron chi connectivity index (χ3n) is 8.77. The summed E-state index contributed by atoms with van der Waals surface area (Å²) in [5.41, 5.74) is 4.65. The molecule has 61 heavy (non-hydrogen) atoms. The standard InChI is InChI=1S/C39H48N12O5S.O3S/c1-5-49(6-2)30-17-19-33(47-45-28-13-10-9-11-14-28)35(26-30)40-37-42-38(44-39(43-37)51(21-23-52)22-24-53)41-36-27-31(50(7-3)8-4)18-20-34(36)48-46-29-15-12-16-32(25-29)57(54,55)56;1-4(2)3/h9-20,25-27,52-53H,5-8,21-24H2,1-4H3,(H,54,55,56)(H2,40,41,42,43,44);. The molecule has 5 N–H and O–H groups in total. The Kier molecular flexibility index (Phi) is 18.1. The van der Waals surface area contributed by atoms with E-state index in [1.165, 1.54) is 18.2 Å². The zero-order chi connectivity index (χ0) is 44.4. The quantitative estimate of drug-likeness (QED) is 0.0392. The van der Waals surface area contributed by atoms with E-state index in [1.54, 1.807) is 17.0 Å². The van der Waals surface area contributed by atoms with E-state index >= 15 is 0 Å². The van der Waals surface area contributed by atoms with E-state index in [4.69, 9.17) is 27.6 Å². The smallest absolute Gasteiger partial charge is 0.395 e. The van der Waals surface area contributed by atoms with E-state index in [9.17, 15) is 23.2 Å². The molecule has 0 aliphatic heterocycles. The summed E-state index contributed by atoms with van der Waals surface area (Å²) in [6.45, 7) is 11.1. The number of rotatable bonds is 20.